The molecule has 0 aliphatic carbocycles. The van der Waals surface area contributed by atoms with Crippen molar-refractivity contribution < 1.29 is 13.2 Å². The van der Waals surface area contributed by atoms with E-state index >= 15 is 0 Å². The summed E-state index contributed by atoms with van der Waals surface area (Å²) in [7, 11) is -3.65. The third-order valence-corrected chi connectivity index (χ3v) is 5.97. The minimum Gasteiger partial charge on any atom is -0.384 e. The van der Waals surface area contributed by atoms with Gasteiger partial charge in [-0.25, -0.2) is 8.42 Å². The molecular formula is C14H19N3O3S. The standard InChI is InChI=1S/C14H19N3O3S/c1-2-13-14(18)16-7-8-17(13)21(19,20)11-4-3-10-5-6-15-12(10)9-11/h3-4,9,13,15H,2,5-8H2,1H3,(H,16,18). The van der Waals surface area contributed by atoms with Crippen molar-refractivity contribution in [3.63, 3.8) is 0 Å². The maximum absolute atomic E-state index is 12.8. The van der Waals surface area contributed by atoms with Gasteiger partial charge in [0.05, 0.1) is 4.90 Å². The number of nitrogens with zero attached hydrogens (tertiary/aromatic N) is 1. The zero-order valence-corrected chi connectivity index (χ0v) is 12.7. The quantitative estimate of drug-likeness (QED) is 0.855. The largest absolute Gasteiger partial charge is 0.384 e. The Kier molecular flexibility index (Phi) is 3.62. The molecular weight excluding hydrogens is 290 g/mol. The molecule has 0 bridgehead atoms. The van der Waals surface area contributed by atoms with E-state index in [1.807, 2.05) is 13.0 Å². The van der Waals surface area contributed by atoms with Crippen LogP contribution in [-0.2, 0) is 21.2 Å². The van der Waals surface area contributed by atoms with E-state index in [1.165, 1.54) is 4.31 Å². The van der Waals surface area contributed by atoms with Gasteiger partial charge >= 0.3 is 0 Å². The van der Waals surface area contributed by atoms with E-state index in [1.54, 1.807) is 12.1 Å². The maximum atomic E-state index is 12.8. The number of amides is 1. The van der Waals surface area contributed by atoms with Crippen molar-refractivity contribution in [2.24, 2.45) is 0 Å². The number of carbonyl (C=O) groups excluding carboxylic acids is 1. The lowest BCUT2D eigenvalue weighted by atomic mass is 10.2. The van der Waals surface area contributed by atoms with Crippen molar-refractivity contribution in [3.05, 3.63) is 23.8 Å². The number of piperazine rings is 1. The minimum atomic E-state index is -3.65. The van der Waals surface area contributed by atoms with Crippen molar-refractivity contribution in [2.75, 3.05) is 25.0 Å². The number of anilines is 1. The first-order valence-corrected chi connectivity index (χ1v) is 8.64. The van der Waals surface area contributed by atoms with Gasteiger partial charge in [-0.05, 0) is 30.5 Å². The van der Waals surface area contributed by atoms with E-state index in [-0.39, 0.29) is 10.8 Å². The highest BCUT2D eigenvalue weighted by molar-refractivity contribution is 7.89. The summed E-state index contributed by atoms with van der Waals surface area (Å²) < 4.78 is 27.0. The smallest absolute Gasteiger partial charge is 0.243 e. The zero-order chi connectivity index (χ0) is 15.0. The lowest BCUT2D eigenvalue weighted by molar-refractivity contribution is -0.126. The molecule has 2 N–H and O–H groups in total. The molecule has 0 saturated carbocycles. The average molecular weight is 309 g/mol. The molecule has 1 amide bonds. The monoisotopic (exact) mass is 309 g/mol. The fraction of sp³-hybridized carbons (Fsp3) is 0.500. The first-order chi connectivity index (χ1) is 10.0. The van der Waals surface area contributed by atoms with Crippen molar-refractivity contribution in [1.29, 1.82) is 0 Å². The van der Waals surface area contributed by atoms with Crippen molar-refractivity contribution in [3.8, 4) is 0 Å². The van der Waals surface area contributed by atoms with E-state index in [4.69, 9.17) is 0 Å². The summed E-state index contributed by atoms with van der Waals surface area (Å²) >= 11 is 0. The lowest BCUT2D eigenvalue weighted by Crippen LogP contribution is -2.56. The van der Waals surface area contributed by atoms with Crippen LogP contribution >= 0.6 is 0 Å². The minimum absolute atomic E-state index is 0.216. The predicted octanol–water partition coefficient (Wildman–Crippen LogP) is 0.554. The summed E-state index contributed by atoms with van der Waals surface area (Å²) in [6.07, 6.45) is 1.38. The molecule has 3 rings (SSSR count). The van der Waals surface area contributed by atoms with Gasteiger partial charge in [-0.3, -0.25) is 4.79 Å². The second kappa shape index (κ2) is 5.31. The number of carbonyl (C=O) groups is 1. The molecule has 1 aromatic carbocycles. The van der Waals surface area contributed by atoms with Gasteiger partial charge in [0.1, 0.15) is 6.04 Å². The van der Waals surface area contributed by atoms with Crippen LogP contribution in [-0.4, -0.2) is 44.3 Å². The third kappa shape index (κ3) is 2.40. The van der Waals surface area contributed by atoms with Crippen LogP contribution in [0.25, 0.3) is 0 Å². The number of nitrogens with one attached hydrogen (secondary N) is 2. The van der Waals surface area contributed by atoms with Crippen LogP contribution in [0.2, 0.25) is 0 Å². The molecule has 1 saturated heterocycles. The number of hydrogen-bond donors (Lipinski definition) is 2. The van der Waals surface area contributed by atoms with E-state index < -0.39 is 16.1 Å². The van der Waals surface area contributed by atoms with E-state index in [9.17, 15) is 13.2 Å². The Morgan fingerprint density at radius 2 is 2.10 bits per heavy atom. The Morgan fingerprint density at radius 1 is 1.29 bits per heavy atom. The van der Waals surface area contributed by atoms with Gasteiger partial charge in [0, 0.05) is 25.3 Å². The Balaban J connectivity index is 1.97. The average Bonchev–Trinajstić information content (AvgIpc) is 2.94. The van der Waals surface area contributed by atoms with Crippen molar-refractivity contribution in [1.82, 2.24) is 9.62 Å². The highest BCUT2D eigenvalue weighted by atomic mass is 32.2. The predicted molar refractivity (Wildman–Crippen MR) is 79.6 cm³/mol. The number of sulfonamides is 1. The summed E-state index contributed by atoms with van der Waals surface area (Å²) in [6.45, 7) is 3.33. The second-order valence-electron chi connectivity index (χ2n) is 5.33. The molecule has 0 aromatic heterocycles. The van der Waals surface area contributed by atoms with Crippen LogP contribution in [0.15, 0.2) is 23.1 Å². The van der Waals surface area contributed by atoms with Crippen molar-refractivity contribution >= 4 is 21.6 Å². The number of rotatable bonds is 3. The summed E-state index contributed by atoms with van der Waals surface area (Å²) in [5.74, 6) is -0.216. The highest BCUT2D eigenvalue weighted by Crippen LogP contribution is 2.28. The van der Waals surface area contributed by atoms with Gasteiger partial charge in [-0.1, -0.05) is 13.0 Å². The molecule has 7 heteroatoms. The van der Waals surface area contributed by atoms with Gasteiger partial charge in [-0.2, -0.15) is 4.31 Å². The van der Waals surface area contributed by atoms with Gasteiger partial charge in [-0.15, -0.1) is 0 Å². The summed E-state index contributed by atoms with van der Waals surface area (Å²) in [6, 6.07) is 4.55. The van der Waals surface area contributed by atoms with Crippen LogP contribution < -0.4 is 10.6 Å². The molecule has 0 spiro atoms. The summed E-state index contributed by atoms with van der Waals surface area (Å²) in [4.78, 5) is 12.1. The molecule has 0 radical (unpaired) electrons. The fourth-order valence-corrected chi connectivity index (χ4v) is 4.63. The number of benzene rings is 1. The van der Waals surface area contributed by atoms with Gasteiger partial charge < -0.3 is 10.6 Å². The molecule has 1 atom stereocenters. The van der Waals surface area contributed by atoms with Gasteiger partial charge in [0.2, 0.25) is 15.9 Å². The van der Waals surface area contributed by atoms with Crippen LogP contribution in [0.5, 0.6) is 0 Å². The molecule has 1 fully saturated rings. The summed E-state index contributed by atoms with van der Waals surface area (Å²) in [5, 5.41) is 5.91. The van der Waals surface area contributed by atoms with E-state index in [2.05, 4.69) is 10.6 Å². The molecule has 2 aliphatic rings. The Labute approximate surface area is 124 Å². The summed E-state index contributed by atoms with van der Waals surface area (Å²) in [5.41, 5.74) is 2.02. The molecule has 6 nitrogen and oxygen atoms in total. The molecule has 2 aliphatic heterocycles. The van der Waals surface area contributed by atoms with Crippen LogP contribution in [0.1, 0.15) is 18.9 Å². The normalized spacial score (nSPS) is 22.5. The second-order valence-corrected chi connectivity index (χ2v) is 7.22. The zero-order valence-electron chi connectivity index (χ0n) is 11.9. The van der Waals surface area contributed by atoms with Gasteiger partial charge in [0.25, 0.3) is 0 Å². The first kappa shape index (κ1) is 14.3. The molecule has 1 unspecified atom stereocenters. The fourth-order valence-electron chi connectivity index (χ4n) is 2.94. The lowest BCUT2D eigenvalue weighted by Gasteiger charge is -2.33. The Bertz CT molecular complexity index is 672. The molecule has 21 heavy (non-hydrogen) atoms. The maximum Gasteiger partial charge on any atom is 0.243 e. The number of fused-ring (bicyclic) bond motifs is 1. The molecule has 2 heterocycles. The van der Waals surface area contributed by atoms with E-state index in [0.29, 0.717) is 19.5 Å². The van der Waals surface area contributed by atoms with Gasteiger partial charge in [0.15, 0.2) is 0 Å². The van der Waals surface area contributed by atoms with Crippen LogP contribution in [0.3, 0.4) is 0 Å². The third-order valence-electron chi connectivity index (χ3n) is 4.07. The molecule has 114 valence electrons. The highest BCUT2D eigenvalue weighted by Gasteiger charge is 2.37. The number of hydrogen-bond acceptors (Lipinski definition) is 4. The van der Waals surface area contributed by atoms with Crippen LogP contribution in [0.4, 0.5) is 5.69 Å². The SMILES string of the molecule is CCC1C(=O)NCCN1S(=O)(=O)c1ccc2c(c1)NCC2. The Hall–Kier alpha value is -1.60. The topological polar surface area (TPSA) is 78.5 Å². The van der Waals surface area contributed by atoms with E-state index in [0.717, 1.165) is 24.2 Å². The van der Waals surface area contributed by atoms with Crippen LogP contribution in [0, 0.1) is 0 Å². The molecule has 1 aromatic rings. The van der Waals surface area contributed by atoms with Crippen molar-refractivity contribution in [2.45, 2.75) is 30.7 Å². The first-order valence-electron chi connectivity index (χ1n) is 7.20. The Morgan fingerprint density at radius 3 is 2.86 bits per heavy atom.